The zero-order valence-corrected chi connectivity index (χ0v) is 11.5. The number of Topliss-reactive ketones (excluding diaryl/α,β-unsaturated/α-hetero) is 1. The first-order valence-electron chi connectivity index (χ1n) is 6.58. The molecule has 0 saturated carbocycles. The predicted molar refractivity (Wildman–Crippen MR) is 74.6 cm³/mol. The molecule has 20 heavy (non-hydrogen) atoms. The van der Waals surface area contributed by atoms with Gasteiger partial charge in [0.25, 0.3) is 11.7 Å². The van der Waals surface area contributed by atoms with E-state index >= 15 is 0 Å². The van der Waals surface area contributed by atoms with Crippen molar-refractivity contribution in [3.8, 4) is 0 Å². The molecule has 1 aromatic carbocycles. The minimum atomic E-state index is -0.460. The molecule has 5 heteroatoms. The minimum Gasteiger partial charge on any atom is -0.333 e. The van der Waals surface area contributed by atoms with Crippen LogP contribution in [-0.4, -0.2) is 21.2 Å². The number of hydrogen-bond acceptors (Lipinski definition) is 3. The molecule has 0 N–H and O–H groups in total. The molecule has 0 radical (unpaired) electrons. The average Bonchev–Trinajstić information content (AvgIpc) is 2.99. The van der Waals surface area contributed by atoms with Gasteiger partial charge in [-0.15, -0.1) is 0 Å². The lowest BCUT2D eigenvalue weighted by atomic mass is 10.1. The fourth-order valence-corrected chi connectivity index (χ4v) is 2.62. The van der Waals surface area contributed by atoms with Crippen LogP contribution >= 0.6 is 0 Å². The number of aryl methyl sites for hydroxylation is 2. The number of anilines is 1. The summed E-state index contributed by atoms with van der Waals surface area (Å²) < 4.78 is 1.97. The van der Waals surface area contributed by atoms with Crippen LogP contribution in [-0.2, 0) is 17.9 Å². The molecule has 1 aromatic heterocycles. The highest BCUT2D eigenvalue weighted by Crippen LogP contribution is 2.33. The van der Waals surface area contributed by atoms with Crippen LogP contribution in [0.15, 0.2) is 30.7 Å². The minimum absolute atomic E-state index is 0.371. The molecule has 0 bridgehead atoms. The standard InChI is InChI=1S/C15H15N3O2/c1-3-17-9-16-7-11(17)8-18-13-10(2)5-4-6-12(13)14(19)15(18)20/h4-7,9H,3,8H2,1-2H3. The number of aromatic nitrogens is 2. The van der Waals surface area contributed by atoms with E-state index in [9.17, 15) is 9.59 Å². The number of imidazole rings is 1. The maximum atomic E-state index is 12.2. The van der Waals surface area contributed by atoms with Crippen LogP contribution in [0.2, 0.25) is 0 Å². The Labute approximate surface area is 116 Å². The first-order valence-corrected chi connectivity index (χ1v) is 6.58. The maximum absolute atomic E-state index is 12.2. The van der Waals surface area contributed by atoms with E-state index in [1.807, 2.05) is 24.5 Å². The van der Waals surface area contributed by atoms with E-state index in [0.717, 1.165) is 23.5 Å². The molecule has 1 aliphatic heterocycles. The van der Waals surface area contributed by atoms with E-state index in [0.29, 0.717) is 12.1 Å². The molecule has 2 aromatic rings. The van der Waals surface area contributed by atoms with Crippen molar-refractivity contribution in [2.45, 2.75) is 26.9 Å². The van der Waals surface area contributed by atoms with Gasteiger partial charge in [0.1, 0.15) is 0 Å². The van der Waals surface area contributed by atoms with Crippen LogP contribution in [0.4, 0.5) is 5.69 Å². The maximum Gasteiger partial charge on any atom is 0.299 e. The zero-order chi connectivity index (χ0) is 14.3. The first-order chi connectivity index (χ1) is 9.63. The summed E-state index contributed by atoms with van der Waals surface area (Å²) in [5, 5.41) is 0. The van der Waals surface area contributed by atoms with Gasteiger partial charge in [-0.3, -0.25) is 14.5 Å². The molecular weight excluding hydrogens is 254 g/mol. The lowest BCUT2D eigenvalue weighted by molar-refractivity contribution is -0.114. The van der Waals surface area contributed by atoms with E-state index in [1.165, 1.54) is 0 Å². The molecule has 0 fully saturated rings. The number of para-hydroxylation sites is 1. The van der Waals surface area contributed by atoms with Gasteiger partial charge in [-0.1, -0.05) is 12.1 Å². The summed E-state index contributed by atoms with van der Waals surface area (Å²) in [6, 6.07) is 5.42. The third kappa shape index (κ3) is 1.74. The van der Waals surface area contributed by atoms with Crippen molar-refractivity contribution < 1.29 is 9.59 Å². The van der Waals surface area contributed by atoms with Gasteiger partial charge < -0.3 is 4.57 Å². The highest BCUT2D eigenvalue weighted by atomic mass is 16.2. The van der Waals surface area contributed by atoms with Crippen molar-refractivity contribution in [3.05, 3.63) is 47.5 Å². The summed E-state index contributed by atoms with van der Waals surface area (Å²) in [6.45, 7) is 5.08. The second kappa shape index (κ2) is 4.59. The predicted octanol–water partition coefficient (Wildman–Crippen LogP) is 1.94. The van der Waals surface area contributed by atoms with Gasteiger partial charge in [-0.05, 0) is 25.5 Å². The van der Waals surface area contributed by atoms with E-state index in [2.05, 4.69) is 4.98 Å². The topological polar surface area (TPSA) is 55.2 Å². The highest BCUT2D eigenvalue weighted by Gasteiger charge is 2.36. The van der Waals surface area contributed by atoms with Gasteiger partial charge in [-0.25, -0.2) is 4.98 Å². The lowest BCUT2D eigenvalue weighted by Crippen LogP contribution is -2.30. The van der Waals surface area contributed by atoms with Gasteiger partial charge in [0.05, 0.1) is 29.8 Å². The Bertz CT molecular complexity index is 703. The molecule has 1 aliphatic rings. The Kier molecular flexibility index (Phi) is 2.89. The highest BCUT2D eigenvalue weighted by molar-refractivity contribution is 6.52. The number of rotatable bonds is 3. The van der Waals surface area contributed by atoms with E-state index in [-0.39, 0.29) is 0 Å². The monoisotopic (exact) mass is 269 g/mol. The Morgan fingerprint density at radius 3 is 2.80 bits per heavy atom. The SMILES string of the molecule is CCn1cncc1CN1C(=O)C(=O)c2cccc(C)c21. The van der Waals surface area contributed by atoms with Crippen molar-refractivity contribution in [2.24, 2.45) is 0 Å². The third-order valence-corrected chi connectivity index (χ3v) is 3.65. The Morgan fingerprint density at radius 2 is 2.05 bits per heavy atom. The fourth-order valence-electron chi connectivity index (χ4n) is 2.62. The molecule has 3 rings (SSSR count). The summed E-state index contributed by atoms with van der Waals surface area (Å²) in [4.78, 5) is 29.9. The molecule has 0 aliphatic carbocycles. The molecule has 0 unspecified atom stereocenters. The molecule has 2 heterocycles. The number of carbonyl (C=O) groups is 2. The fraction of sp³-hybridized carbons (Fsp3) is 0.267. The summed E-state index contributed by atoms with van der Waals surface area (Å²) in [6.07, 6.45) is 3.47. The van der Waals surface area contributed by atoms with Crippen LogP contribution in [0.3, 0.4) is 0 Å². The van der Waals surface area contributed by atoms with Crippen molar-refractivity contribution in [3.63, 3.8) is 0 Å². The summed E-state index contributed by atoms with van der Waals surface area (Å²) >= 11 is 0. The van der Waals surface area contributed by atoms with E-state index in [1.54, 1.807) is 29.6 Å². The Hall–Kier alpha value is -2.43. The average molecular weight is 269 g/mol. The van der Waals surface area contributed by atoms with Gasteiger partial charge >= 0.3 is 0 Å². The molecule has 0 atom stereocenters. The van der Waals surface area contributed by atoms with Crippen LogP contribution in [0.5, 0.6) is 0 Å². The molecule has 5 nitrogen and oxygen atoms in total. The van der Waals surface area contributed by atoms with Crippen LogP contribution in [0, 0.1) is 6.92 Å². The number of nitrogens with zero attached hydrogens (tertiary/aromatic N) is 3. The van der Waals surface area contributed by atoms with Crippen LogP contribution < -0.4 is 4.90 Å². The van der Waals surface area contributed by atoms with E-state index in [4.69, 9.17) is 0 Å². The van der Waals surface area contributed by atoms with Gasteiger partial charge in [0.2, 0.25) is 0 Å². The number of carbonyl (C=O) groups excluding carboxylic acids is 2. The van der Waals surface area contributed by atoms with Gasteiger partial charge in [0.15, 0.2) is 0 Å². The smallest absolute Gasteiger partial charge is 0.299 e. The number of benzene rings is 1. The normalized spacial score (nSPS) is 14.0. The number of fused-ring (bicyclic) bond motifs is 1. The second-order valence-corrected chi connectivity index (χ2v) is 4.86. The number of ketones is 1. The second-order valence-electron chi connectivity index (χ2n) is 4.86. The van der Waals surface area contributed by atoms with Crippen LogP contribution in [0.25, 0.3) is 0 Å². The summed E-state index contributed by atoms with van der Waals surface area (Å²) in [7, 11) is 0. The molecular formula is C15H15N3O2. The van der Waals surface area contributed by atoms with Gasteiger partial charge in [-0.2, -0.15) is 0 Å². The largest absolute Gasteiger partial charge is 0.333 e. The van der Waals surface area contributed by atoms with Crippen molar-refractivity contribution in [2.75, 3.05) is 4.90 Å². The van der Waals surface area contributed by atoms with Crippen molar-refractivity contribution in [1.82, 2.24) is 9.55 Å². The quantitative estimate of drug-likeness (QED) is 0.800. The van der Waals surface area contributed by atoms with E-state index < -0.39 is 11.7 Å². The van der Waals surface area contributed by atoms with Crippen molar-refractivity contribution >= 4 is 17.4 Å². The zero-order valence-electron chi connectivity index (χ0n) is 11.5. The molecule has 0 spiro atoms. The van der Waals surface area contributed by atoms with Gasteiger partial charge in [0, 0.05) is 12.7 Å². The summed E-state index contributed by atoms with van der Waals surface area (Å²) in [5.41, 5.74) is 3.08. The lowest BCUT2D eigenvalue weighted by Gasteiger charge is -2.18. The molecule has 0 saturated heterocycles. The Balaban J connectivity index is 2.03. The number of amides is 1. The van der Waals surface area contributed by atoms with Crippen LogP contribution in [0.1, 0.15) is 28.5 Å². The number of hydrogen-bond donors (Lipinski definition) is 0. The first kappa shape index (κ1) is 12.6. The Morgan fingerprint density at radius 1 is 1.25 bits per heavy atom. The summed E-state index contributed by atoms with van der Waals surface area (Å²) in [5.74, 6) is -0.885. The van der Waals surface area contributed by atoms with Crippen molar-refractivity contribution in [1.29, 1.82) is 0 Å². The molecule has 102 valence electrons. The molecule has 1 amide bonds. The third-order valence-electron chi connectivity index (χ3n) is 3.65.